The number of benzene rings is 1. The number of fused-ring (bicyclic) bond motifs is 3. The zero-order chi connectivity index (χ0) is 27.6. The molecule has 0 saturated carbocycles. The molecule has 3 aromatic rings. The van der Waals surface area contributed by atoms with E-state index in [0.717, 1.165) is 28.0 Å². The van der Waals surface area contributed by atoms with Gasteiger partial charge < -0.3 is 24.8 Å². The molecule has 0 saturated heterocycles. The Morgan fingerprint density at radius 2 is 1.87 bits per heavy atom. The van der Waals surface area contributed by atoms with Crippen molar-refractivity contribution in [2.75, 3.05) is 27.6 Å². The predicted molar refractivity (Wildman–Crippen MR) is 144 cm³/mol. The van der Waals surface area contributed by atoms with E-state index in [9.17, 15) is 19.7 Å². The minimum absolute atomic E-state index is 0.167. The van der Waals surface area contributed by atoms with Crippen LogP contribution in [0.3, 0.4) is 0 Å². The van der Waals surface area contributed by atoms with Crippen LogP contribution in [0.4, 0.5) is 0 Å². The molecule has 10 nitrogen and oxygen atoms in total. The van der Waals surface area contributed by atoms with Crippen LogP contribution in [-0.4, -0.2) is 38.6 Å². The Hall–Kier alpha value is -3.77. The minimum atomic E-state index is -0.887. The standard InChI is InChI=1S/C26H26N2O8S2/c1-33-20-9-13-5-6-15(18-10-14(12-36-28(31)32)38-25(18)26(27)30)17-11-19(29)21(37-4)8-7-16(17)22(13)24(35-3)23(20)34-2/h7-11,15H,5-6,12H2,1-4H3,(H2,27,30)/t15-/m0/s1. The zero-order valence-electron chi connectivity index (χ0n) is 21.2. The van der Waals surface area contributed by atoms with Gasteiger partial charge in [-0.05, 0) is 65.6 Å². The van der Waals surface area contributed by atoms with Crippen LogP contribution < -0.4 is 25.4 Å². The van der Waals surface area contributed by atoms with Gasteiger partial charge in [0, 0.05) is 16.4 Å². The second-order valence-corrected chi connectivity index (χ2v) is 10.4. The summed E-state index contributed by atoms with van der Waals surface area (Å²) in [6.07, 6.45) is 2.89. The molecule has 0 unspecified atom stereocenters. The highest BCUT2D eigenvalue weighted by Gasteiger charge is 2.32. The highest BCUT2D eigenvalue weighted by molar-refractivity contribution is 7.98. The van der Waals surface area contributed by atoms with Crippen molar-refractivity contribution >= 4 is 29.0 Å². The lowest BCUT2D eigenvalue weighted by Gasteiger charge is -2.19. The van der Waals surface area contributed by atoms with Gasteiger partial charge in [-0.15, -0.1) is 33.2 Å². The molecular formula is C26H26N2O8S2. The molecular weight excluding hydrogens is 532 g/mol. The van der Waals surface area contributed by atoms with E-state index in [0.29, 0.717) is 51.0 Å². The number of nitrogens with two attached hydrogens (primary N) is 1. The Morgan fingerprint density at radius 3 is 2.47 bits per heavy atom. The number of aryl methyl sites for hydroxylation is 1. The minimum Gasteiger partial charge on any atom is -0.493 e. The number of thioether (sulfide) groups is 1. The van der Waals surface area contributed by atoms with Gasteiger partial charge in [0.2, 0.25) is 5.75 Å². The van der Waals surface area contributed by atoms with E-state index in [1.54, 1.807) is 32.4 Å². The molecule has 1 aliphatic rings. The van der Waals surface area contributed by atoms with E-state index in [1.165, 1.54) is 18.9 Å². The fourth-order valence-corrected chi connectivity index (χ4v) is 6.33. The number of nitrogens with zero attached hydrogens (tertiary/aromatic N) is 1. The highest BCUT2D eigenvalue weighted by Crippen LogP contribution is 2.52. The second kappa shape index (κ2) is 11.3. The number of rotatable bonds is 9. The van der Waals surface area contributed by atoms with Gasteiger partial charge in [0.1, 0.15) is 6.61 Å². The molecule has 1 heterocycles. The summed E-state index contributed by atoms with van der Waals surface area (Å²) < 4.78 is 17.0. The molecule has 1 amide bonds. The van der Waals surface area contributed by atoms with Crippen LogP contribution in [0, 0.1) is 10.1 Å². The molecule has 2 aromatic carbocycles. The largest absolute Gasteiger partial charge is 0.493 e. The van der Waals surface area contributed by atoms with E-state index < -0.39 is 16.9 Å². The van der Waals surface area contributed by atoms with Crippen molar-refractivity contribution in [2.45, 2.75) is 30.3 Å². The molecule has 200 valence electrons. The number of ether oxygens (including phenoxy) is 3. The molecule has 0 radical (unpaired) electrons. The summed E-state index contributed by atoms with van der Waals surface area (Å²) in [5, 5.41) is 9.87. The topological polar surface area (TPSA) is 140 Å². The van der Waals surface area contributed by atoms with Crippen LogP contribution in [-0.2, 0) is 17.9 Å². The molecule has 0 aliphatic heterocycles. The molecule has 0 fully saturated rings. The lowest BCUT2D eigenvalue weighted by molar-refractivity contribution is -0.762. The first kappa shape index (κ1) is 27.3. The fourth-order valence-electron chi connectivity index (χ4n) is 4.89. The normalized spacial score (nSPS) is 14.1. The fraction of sp³-hybridized carbons (Fsp3) is 0.308. The summed E-state index contributed by atoms with van der Waals surface area (Å²) in [5.74, 6) is 0.314. The summed E-state index contributed by atoms with van der Waals surface area (Å²) in [4.78, 5) is 42.3. The quantitative estimate of drug-likeness (QED) is 0.230. The van der Waals surface area contributed by atoms with Crippen molar-refractivity contribution in [3.8, 4) is 28.4 Å². The van der Waals surface area contributed by atoms with Crippen molar-refractivity contribution in [3.63, 3.8) is 0 Å². The summed E-state index contributed by atoms with van der Waals surface area (Å²) in [6.45, 7) is -0.314. The first-order chi connectivity index (χ1) is 18.2. The Morgan fingerprint density at radius 1 is 1.13 bits per heavy atom. The van der Waals surface area contributed by atoms with Crippen LogP contribution in [0.15, 0.2) is 40.0 Å². The van der Waals surface area contributed by atoms with Gasteiger partial charge in [0.05, 0.1) is 31.1 Å². The van der Waals surface area contributed by atoms with Gasteiger partial charge in [-0.25, -0.2) is 0 Å². The highest BCUT2D eigenvalue weighted by atomic mass is 32.2. The third-order valence-electron chi connectivity index (χ3n) is 6.44. The third-order valence-corrected chi connectivity index (χ3v) is 8.36. The summed E-state index contributed by atoms with van der Waals surface area (Å²) in [5.41, 5.74) is 9.26. The van der Waals surface area contributed by atoms with Crippen molar-refractivity contribution in [2.24, 2.45) is 5.73 Å². The number of hydrogen-bond donors (Lipinski definition) is 1. The first-order valence-electron chi connectivity index (χ1n) is 11.5. The van der Waals surface area contributed by atoms with Crippen LogP contribution in [0.25, 0.3) is 11.1 Å². The number of thiophene rings is 1. The molecule has 38 heavy (non-hydrogen) atoms. The summed E-state index contributed by atoms with van der Waals surface area (Å²) >= 11 is 2.38. The molecule has 0 bridgehead atoms. The van der Waals surface area contributed by atoms with Gasteiger partial charge >= 0.3 is 0 Å². The molecule has 1 aliphatic carbocycles. The second-order valence-electron chi connectivity index (χ2n) is 8.41. The van der Waals surface area contributed by atoms with Crippen LogP contribution in [0.1, 0.15) is 43.6 Å². The average molecular weight is 559 g/mol. The van der Waals surface area contributed by atoms with Crippen molar-refractivity contribution in [1.29, 1.82) is 0 Å². The SMILES string of the molecule is COc1cc2c(c(OC)c1OC)-c1ccc(SC)c(=O)cc1[C@@H](c1cc(CO[N+](=O)[O-])sc1C(N)=O)CC2. The van der Waals surface area contributed by atoms with E-state index >= 15 is 0 Å². The molecule has 2 N–H and O–H groups in total. The maximum absolute atomic E-state index is 13.2. The zero-order valence-corrected chi connectivity index (χ0v) is 22.8. The number of hydrogen-bond acceptors (Lipinski definition) is 10. The molecule has 1 aromatic heterocycles. The Kier molecular flexibility index (Phi) is 8.12. The number of methoxy groups -OCH3 is 3. The maximum atomic E-state index is 13.2. The Bertz CT molecular complexity index is 1470. The number of amides is 1. The van der Waals surface area contributed by atoms with Crippen LogP contribution in [0.2, 0.25) is 0 Å². The first-order valence-corrected chi connectivity index (χ1v) is 13.5. The van der Waals surface area contributed by atoms with Gasteiger partial charge in [0.15, 0.2) is 16.9 Å². The van der Waals surface area contributed by atoms with Gasteiger partial charge in [0.25, 0.3) is 11.0 Å². The molecule has 1 atom stereocenters. The number of carbonyl (C=O) groups is 1. The number of carbonyl (C=O) groups excluding carboxylic acids is 1. The van der Waals surface area contributed by atoms with Crippen molar-refractivity contribution in [3.05, 3.63) is 77.1 Å². The summed E-state index contributed by atoms with van der Waals surface area (Å²) in [6, 6.07) is 8.83. The van der Waals surface area contributed by atoms with E-state index in [1.807, 2.05) is 18.4 Å². The van der Waals surface area contributed by atoms with Gasteiger partial charge in [-0.2, -0.15) is 0 Å². The smallest absolute Gasteiger partial charge is 0.294 e. The van der Waals surface area contributed by atoms with Crippen molar-refractivity contribution < 1.29 is 28.9 Å². The van der Waals surface area contributed by atoms with E-state index in [2.05, 4.69) is 4.84 Å². The maximum Gasteiger partial charge on any atom is 0.294 e. The van der Waals surface area contributed by atoms with Gasteiger partial charge in [-0.3, -0.25) is 9.59 Å². The average Bonchev–Trinajstić information content (AvgIpc) is 3.18. The predicted octanol–water partition coefficient (Wildman–Crippen LogP) is 4.41. The third kappa shape index (κ3) is 5.01. The van der Waals surface area contributed by atoms with Gasteiger partial charge in [-0.1, -0.05) is 6.07 Å². The molecule has 12 heteroatoms. The van der Waals surface area contributed by atoms with Crippen LogP contribution in [0.5, 0.6) is 17.2 Å². The Labute approximate surface area is 226 Å². The number of primary amides is 1. The molecule has 0 spiro atoms. The summed E-state index contributed by atoms with van der Waals surface area (Å²) in [7, 11) is 4.62. The lowest BCUT2D eigenvalue weighted by atomic mass is 9.86. The van der Waals surface area contributed by atoms with E-state index in [-0.39, 0.29) is 16.9 Å². The van der Waals surface area contributed by atoms with E-state index in [4.69, 9.17) is 19.9 Å². The monoisotopic (exact) mass is 558 g/mol. The Balaban J connectivity index is 2.04. The molecule has 4 rings (SSSR count). The lowest BCUT2D eigenvalue weighted by Crippen LogP contribution is -2.14. The van der Waals surface area contributed by atoms with Crippen LogP contribution >= 0.6 is 23.1 Å². The van der Waals surface area contributed by atoms with Crippen molar-refractivity contribution in [1.82, 2.24) is 0 Å².